The number of hydrogen-bond donors (Lipinski definition) is 0. The third kappa shape index (κ3) is 6.62. The molecule has 2 aromatic heterocycles. The van der Waals surface area contributed by atoms with Crippen LogP contribution in [0.25, 0.3) is 5.69 Å². The minimum atomic E-state index is -0.367. The molecule has 2 aromatic carbocycles. The van der Waals surface area contributed by atoms with Gasteiger partial charge < -0.3 is 0 Å². The zero-order valence-corrected chi connectivity index (χ0v) is 22.8. The highest BCUT2D eigenvalue weighted by molar-refractivity contribution is 6.30. The van der Waals surface area contributed by atoms with Crippen LogP contribution in [0, 0.1) is 5.82 Å². The molecular formula is C31H31ClFN3O2. The Bertz CT molecular complexity index is 1440. The first-order valence-electron chi connectivity index (χ1n) is 12.6. The van der Waals surface area contributed by atoms with Gasteiger partial charge >= 0.3 is 0 Å². The van der Waals surface area contributed by atoms with Crippen LogP contribution in [0.3, 0.4) is 0 Å². The maximum atomic E-state index is 13.1. The first-order valence-corrected chi connectivity index (χ1v) is 13.0. The summed E-state index contributed by atoms with van der Waals surface area (Å²) in [6.45, 7) is 8.18. The van der Waals surface area contributed by atoms with Crippen LogP contribution < -0.4 is 0 Å². The van der Waals surface area contributed by atoms with E-state index in [4.69, 9.17) is 16.7 Å². The molecule has 0 spiro atoms. The molecule has 1 unspecified atom stereocenters. The zero-order valence-electron chi connectivity index (χ0n) is 22.0. The van der Waals surface area contributed by atoms with Crippen molar-refractivity contribution in [2.75, 3.05) is 0 Å². The van der Waals surface area contributed by atoms with E-state index in [-0.39, 0.29) is 35.1 Å². The molecule has 0 saturated carbocycles. The number of hydrogen-bond acceptors (Lipinski definition) is 4. The SMILES string of the molecule is CC(C(=O)CCc1cc(C(C)(C)C)nn1-c1cccc(Cl)c1)c1ccc(C(=O)Cc2ccc(F)cc2)nc1. The molecule has 0 fully saturated rings. The third-order valence-corrected chi connectivity index (χ3v) is 6.80. The summed E-state index contributed by atoms with van der Waals surface area (Å²) in [5.41, 5.74) is 4.39. The Hall–Kier alpha value is -3.64. The van der Waals surface area contributed by atoms with E-state index in [9.17, 15) is 14.0 Å². The Morgan fingerprint density at radius 3 is 2.39 bits per heavy atom. The number of nitrogens with zero attached hydrogens (tertiary/aromatic N) is 3. The fourth-order valence-electron chi connectivity index (χ4n) is 4.15. The minimum Gasteiger partial charge on any atom is -0.299 e. The van der Waals surface area contributed by atoms with Gasteiger partial charge in [-0.05, 0) is 60.0 Å². The van der Waals surface area contributed by atoms with Gasteiger partial charge in [0.15, 0.2) is 5.78 Å². The summed E-state index contributed by atoms with van der Waals surface area (Å²) >= 11 is 6.22. The fraction of sp³-hybridized carbons (Fsp3) is 0.290. The highest BCUT2D eigenvalue weighted by Crippen LogP contribution is 2.26. The summed E-state index contributed by atoms with van der Waals surface area (Å²) in [5, 5.41) is 5.44. The average Bonchev–Trinajstić information content (AvgIpc) is 3.33. The number of halogens is 2. The van der Waals surface area contributed by atoms with Crippen LogP contribution >= 0.6 is 11.6 Å². The standard InChI is InChI=1S/C31H31ClFN3O2/c1-20(22-10-14-27(34-19-22)29(38)16-21-8-11-24(33)12-9-21)28(37)15-13-26-18-30(31(2,3)4)35-36(26)25-7-5-6-23(32)17-25/h5-12,14,17-20H,13,15-16H2,1-4H3. The molecule has 0 bridgehead atoms. The van der Waals surface area contributed by atoms with Gasteiger partial charge in [0.1, 0.15) is 17.3 Å². The Labute approximate surface area is 227 Å². The topological polar surface area (TPSA) is 64.8 Å². The molecule has 0 N–H and O–H groups in total. The van der Waals surface area contributed by atoms with Gasteiger partial charge in [0.25, 0.3) is 0 Å². The number of rotatable bonds is 9. The van der Waals surface area contributed by atoms with E-state index >= 15 is 0 Å². The third-order valence-electron chi connectivity index (χ3n) is 6.56. The molecule has 4 rings (SSSR count). The van der Waals surface area contributed by atoms with Crippen LogP contribution in [-0.4, -0.2) is 26.3 Å². The van der Waals surface area contributed by atoms with Crippen molar-refractivity contribution in [3.05, 3.63) is 112 Å². The van der Waals surface area contributed by atoms with E-state index < -0.39 is 0 Å². The molecular weight excluding hydrogens is 501 g/mol. The molecule has 2 heterocycles. The summed E-state index contributed by atoms with van der Waals surface area (Å²) < 4.78 is 15.0. The molecule has 0 saturated heterocycles. The van der Waals surface area contributed by atoms with Gasteiger partial charge in [-0.3, -0.25) is 14.6 Å². The van der Waals surface area contributed by atoms with E-state index in [0.717, 1.165) is 28.2 Å². The first kappa shape index (κ1) is 27.4. The van der Waals surface area contributed by atoms with Crippen molar-refractivity contribution in [1.29, 1.82) is 0 Å². The Balaban J connectivity index is 1.44. The van der Waals surface area contributed by atoms with Crippen molar-refractivity contribution < 1.29 is 14.0 Å². The first-order chi connectivity index (χ1) is 18.0. The highest BCUT2D eigenvalue weighted by Gasteiger charge is 2.22. The lowest BCUT2D eigenvalue weighted by Crippen LogP contribution is -2.13. The number of carbonyl (C=O) groups excluding carboxylic acids is 2. The van der Waals surface area contributed by atoms with Gasteiger partial charge in [-0.1, -0.05) is 63.6 Å². The van der Waals surface area contributed by atoms with Crippen LogP contribution in [0.15, 0.2) is 72.9 Å². The smallest absolute Gasteiger partial charge is 0.185 e. The molecule has 196 valence electrons. The van der Waals surface area contributed by atoms with E-state index in [0.29, 0.717) is 23.6 Å². The van der Waals surface area contributed by atoms with E-state index in [2.05, 4.69) is 31.8 Å². The second kappa shape index (κ2) is 11.4. The van der Waals surface area contributed by atoms with Crippen molar-refractivity contribution in [3.8, 4) is 5.69 Å². The summed E-state index contributed by atoms with van der Waals surface area (Å²) in [6, 6.07) is 18.8. The molecule has 5 nitrogen and oxygen atoms in total. The van der Waals surface area contributed by atoms with Gasteiger partial charge in [-0.25, -0.2) is 9.07 Å². The maximum Gasteiger partial charge on any atom is 0.185 e. The lowest BCUT2D eigenvalue weighted by molar-refractivity contribution is -0.120. The molecule has 0 radical (unpaired) electrons. The van der Waals surface area contributed by atoms with Crippen molar-refractivity contribution in [2.45, 2.75) is 58.3 Å². The number of pyridine rings is 1. The minimum absolute atomic E-state index is 0.0772. The Morgan fingerprint density at radius 2 is 1.76 bits per heavy atom. The second-order valence-corrected chi connectivity index (χ2v) is 11.0. The van der Waals surface area contributed by atoms with Crippen molar-refractivity contribution >= 4 is 23.2 Å². The fourth-order valence-corrected chi connectivity index (χ4v) is 4.34. The van der Waals surface area contributed by atoms with Crippen LogP contribution in [-0.2, 0) is 23.1 Å². The molecule has 0 aliphatic carbocycles. The quantitative estimate of drug-likeness (QED) is 0.216. The number of benzene rings is 2. The summed E-state index contributed by atoms with van der Waals surface area (Å²) in [5.74, 6) is -0.793. The molecule has 0 aliphatic heterocycles. The number of carbonyl (C=O) groups is 2. The van der Waals surface area contributed by atoms with Crippen molar-refractivity contribution in [1.82, 2.24) is 14.8 Å². The molecule has 38 heavy (non-hydrogen) atoms. The number of aryl methyl sites for hydroxylation is 1. The van der Waals surface area contributed by atoms with Gasteiger partial charge in [0.05, 0.1) is 11.4 Å². The lowest BCUT2D eigenvalue weighted by Gasteiger charge is -2.14. The molecule has 4 aromatic rings. The van der Waals surface area contributed by atoms with Gasteiger partial charge in [-0.2, -0.15) is 5.10 Å². The van der Waals surface area contributed by atoms with Crippen molar-refractivity contribution in [2.24, 2.45) is 0 Å². The molecule has 0 amide bonds. The summed E-state index contributed by atoms with van der Waals surface area (Å²) in [7, 11) is 0. The normalized spacial score (nSPS) is 12.4. The predicted molar refractivity (Wildman–Crippen MR) is 148 cm³/mol. The number of aromatic nitrogens is 3. The molecule has 1 atom stereocenters. The maximum absolute atomic E-state index is 13.1. The Morgan fingerprint density at radius 1 is 1.03 bits per heavy atom. The largest absolute Gasteiger partial charge is 0.299 e. The second-order valence-electron chi connectivity index (χ2n) is 10.6. The van der Waals surface area contributed by atoms with Crippen molar-refractivity contribution in [3.63, 3.8) is 0 Å². The molecule has 0 aliphatic rings. The lowest BCUT2D eigenvalue weighted by atomic mass is 9.91. The monoisotopic (exact) mass is 531 g/mol. The summed E-state index contributed by atoms with van der Waals surface area (Å²) in [4.78, 5) is 30.0. The van der Waals surface area contributed by atoms with Crippen LogP contribution in [0.2, 0.25) is 5.02 Å². The van der Waals surface area contributed by atoms with Gasteiger partial charge in [-0.15, -0.1) is 0 Å². The number of ketones is 2. The zero-order chi connectivity index (χ0) is 27.4. The average molecular weight is 532 g/mol. The van der Waals surface area contributed by atoms with Gasteiger partial charge in [0.2, 0.25) is 0 Å². The highest BCUT2D eigenvalue weighted by atomic mass is 35.5. The van der Waals surface area contributed by atoms with Crippen LogP contribution in [0.1, 0.15) is 73.0 Å². The molecule has 7 heteroatoms. The van der Waals surface area contributed by atoms with Gasteiger partial charge in [0, 0.05) is 41.1 Å². The Kier molecular flexibility index (Phi) is 8.22. The van der Waals surface area contributed by atoms with E-state index in [1.54, 1.807) is 30.5 Å². The van der Waals surface area contributed by atoms with E-state index in [1.807, 2.05) is 35.9 Å². The van der Waals surface area contributed by atoms with Crippen LogP contribution in [0.5, 0.6) is 0 Å². The van der Waals surface area contributed by atoms with Crippen LogP contribution in [0.4, 0.5) is 4.39 Å². The number of Topliss-reactive ketones (excluding diaryl/α,β-unsaturated/α-hetero) is 2. The van der Waals surface area contributed by atoms with E-state index in [1.165, 1.54) is 12.1 Å². The predicted octanol–water partition coefficient (Wildman–Crippen LogP) is 7.09. The summed E-state index contributed by atoms with van der Waals surface area (Å²) in [6.07, 6.45) is 2.59.